The summed E-state index contributed by atoms with van der Waals surface area (Å²) in [5.41, 5.74) is 3.35. The average Bonchev–Trinajstić information content (AvgIpc) is 3.28. The highest BCUT2D eigenvalue weighted by molar-refractivity contribution is 5.95. The minimum absolute atomic E-state index is 0.0304. The van der Waals surface area contributed by atoms with E-state index in [0.717, 1.165) is 18.4 Å². The molecule has 1 fully saturated rings. The second-order valence-electron chi connectivity index (χ2n) is 7.42. The van der Waals surface area contributed by atoms with Gasteiger partial charge < -0.3 is 9.64 Å². The minimum atomic E-state index is 0.0304. The fourth-order valence-electron chi connectivity index (χ4n) is 3.85. The Morgan fingerprint density at radius 2 is 2.00 bits per heavy atom. The van der Waals surface area contributed by atoms with Crippen molar-refractivity contribution in [2.45, 2.75) is 25.4 Å². The summed E-state index contributed by atoms with van der Waals surface area (Å²) in [6.45, 7) is 1.79. The number of ether oxygens (including phenoxy) is 1. The number of aromatic amines is 1. The second kappa shape index (κ2) is 8.89. The minimum Gasteiger partial charge on any atom is -0.377 e. The van der Waals surface area contributed by atoms with E-state index in [1.165, 1.54) is 5.56 Å². The van der Waals surface area contributed by atoms with Gasteiger partial charge in [0.15, 0.2) is 11.6 Å². The molecular weight excluding hydrogens is 378 g/mol. The van der Waals surface area contributed by atoms with Gasteiger partial charge in [-0.1, -0.05) is 24.3 Å². The fraction of sp³-hybridized carbons (Fsp3) is 0.304. The quantitative estimate of drug-likeness (QED) is 0.706. The third-order valence-electron chi connectivity index (χ3n) is 5.47. The van der Waals surface area contributed by atoms with E-state index in [-0.39, 0.29) is 5.91 Å². The number of H-pyrrole nitrogens is 1. The van der Waals surface area contributed by atoms with Gasteiger partial charge in [0.1, 0.15) is 6.61 Å². The summed E-state index contributed by atoms with van der Waals surface area (Å²) in [5, 5.41) is 16.0. The lowest BCUT2D eigenvalue weighted by atomic mass is 9.89. The number of nitrogens with one attached hydrogen (secondary N) is 1. The van der Waals surface area contributed by atoms with Crippen LogP contribution >= 0.6 is 0 Å². The fourth-order valence-corrected chi connectivity index (χ4v) is 3.85. The van der Waals surface area contributed by atoms with Crippen LogP contribution in [0.15, 0.2) is 48.5 Å². The molecule has 0 atom stereocenters. The molecule has 0 aliphatic carbocycles. The number of methoxy groups -OCH3 is 1. The Labute approximate surface area is 175 Å². The SMILES string of the molecule is COCc1nc(-c2cccc(C(=O)N3CCC(c4ccc(C#N)cc4)CC3)c2)n[nH]1. The summed E-state index contributed by atoms with van der Waals surface area (Å²) in [6, 6.07) is 17.4. The Bertz CT molecular complexity index is 1060. The predicted octanol–water partition coefficient (Wildman–Crippen LogP) is 3.51. The molecule has 1 aromatic heterocycles. The predicted molar refractivity (Wildman–Crippen MR) is 112 cm³/mol. The van der Waals surface area contributed by atoms with Crippen molar-refractivity contribution >= 4 is 5.91 Å². The van der Waals surface area contributed by atoms with Gasteiger partial charge in [0.05, 0.1) is 11.6 Å². The van der Waals surface area contributed by atoms with Crippen molar-refractivity contribution in [3.63, 3.8) is 0 Å². The number of piperidine rings is 1. The largest absolute Gasteiger partial charge is 0.377 e. The van der Waals surface area contributed by atoms with Crippen LogP contribution in [0.2, 0.25) is 0 Å². The van der Waals surface area contributed by atoms with Crippen LogP contribution < -0.4 is 0 Å². The van der Waals surface area contributed by atoms with Crippen LogP contribution in [0.1, 0.15) is 46.1 Å². The van der Waals surface area contributed by atoms with Crippen LogP contribution in [0.4, 0.5) is 0 Å². The molecule has 0 radical (unpaired) electrons. The third-order valence-corrected chi connectivity index (χ3v) is 5.47. The van der Waals surface area contributed by atoms with E-state index < -0.39 is 0 Å². The molecule has 0 unspecified atom stereocenters. The molecule has 1 aliphatic heterocycles. The molecule has 7 heteroatoms. The van der Waals surface area contributed by atoms with E-state index in [9.17, 15) is 4.79 Å². The van der Waals surface area contributed by atoms with E-state index in [4.69, 9.17) is 10.00 Å². The highest BCUT2D eigenvalue weighted by atomic mass is 16.5. The van der Waals surface area contributed by atoms with E-state index in [1.807, 2.05) is 53.4 Å². The van der Waals surface area contributed by atoms with E-state index >= 15 is 0 Å². The third kappa shape index (κ3) is 4.24. The molecule has 152 valence electrons. The Hall–Kier alpha value is -3.50. The van der Waals surface area contributed by atoms with Gasteiger partial charge in [0.25, 0.3) is 5.91 Å². The van der Waals surface area contributed by atoms with E-state index in [0.29, 0.717) is 48.4 Å². The zero-order valence-corrected chi connectivity index (χ0v) is 16.8. The van der Waals surface area contributed by atoms with Crippen molar-refractivity contribution in [2.75, 3.05) is 20.2 Å². The Balaban J connectivity index is 1.42. The molecule has 0 saturated carbocycles. The maximum absolute atomic E-state index is 13.0. The topological polar surface area (TPSA) is 94.9 Å². The van der Waals surface area contributed by atoms with E-state index in [2.05, 4.69) is 21.3 Å². The molecule has 30 heavy (non-hydrogen) atoms. The molecule has 4 rings (SSSR count). The van der Waals surface area contributed by atoms with Gasteiger partial charge in [-0.3, -0.25) is 9.89 Å². The average molecular weight is 401 g/mol. The number of nitrogens with zero attached hydrogens (tertiary/aromatic N) is 4. The van der Waals surface area contributed by atoms with Gasteiger partial charge in [-0.15, -0.1) is 0 Å². The van der Waals surface area contributed by atoms with Gasteiger partial charge in [-0.2, -0.15) is 10.4 Å². The van der Waals surface area contributed by atoms with Crippen molar-refractivity contribution in [3.8, 4) is 17.5 Å². The number of likely N-dealkylation sites (tertiary alicyclic amines) is 1. The first-order valence-electron chi connectivity index (χ1n) is 9.98. The molecule has 1 amide bonds. The standard InChI is InChI=1S/C23H23N5O2/c1-30-15-21-25-22(27-26-21)19-3-2-4-20(13-19)23(29)28-11-9-18(10-12-28)17-7-5-16(14-24)6-8-17/h2-8,13,18H,9-12,15H2,1H3,(H,25,26,27). The first kappa shape index (κ1) is 19.8. The first-order chi connectivity index (χ1) is 14.7. The molecule has 2 aromatic carbocycles. The maximum atomic E-state index is 13.0. The zero-order valence-electron chi connectivity index (χ0n) is 16.8. The molecule has 7 nitrogen and oxygen atoms in total. The Morgan fingerprint density at radius 3 is 2.70 bits per heavy atom. The number of benzene rings is 2. The lowest BCUT2D eigenvalue weighted by Crippen LogP contribution is -2.37. The van der Waals surface area contributed by atoms with Crippen molar-refractivity contribution in [2.24, 2.45) is 0 Å². The molecule has 1 aliphatic rings. The number of rotatable bonds is 5. The van der Waals surface area contributed by atoms with Crippen molar-refractivity contribution in [1.82, 2.24) is 20.1 Å². The summed E-state index contributed by atoms with van der Waals surface area (Å²) >= 11 is 0. The number of amides is 1. The van der Waals surface area contributed by atoms with Crippen LogP contribution in [-0.4, -0.2) is 46.2 Å². The number of nitriles is 1. The number of hydrogen-bond acceptors (Lipinski definition) is 5. The zero-order chi connectivity index (χ0) is 20.9. The molecule has 3 aromatic rings. The summed E-state index contributed by atoms with van der Waals surface area (Å²) in [7, 11) is 1.60. The molecule has 1 N–H and O–H groups in total. The maximum Gasteiger partial charge on any atom is 0.253 e. The second-order valence-corrected chi connectivity index (χ2v) is 7.42. The molecule has 2 heterocycles. The molecule has 0 spiro atoms. The van der Waals surface area contributed by atoms with E-state index in [1.54, 1.807) is 7.11 Å². The smallest absolute Gasteiger partial charge is 0.253 e. The Morgan fingerprint density at radius 1 is 1.23 bits per heavy atom. The lowest BCUT2D eigenvalue weighted by Gasteiger charge is -2.32. The summed E-state index contributed by atoms with van der Waals surface area (Å²) < 4.78 is 5.06. The van der Waals surface area contributed by atoms with Crippen LogP contribution in [0.25, 0.3) is 11.4 Å². The summed E-state index contributed by atoms with van der Waals surface area (Å²) in [4.78, 5) is 19.4. The highest BCUT2D eigenvalue weighted by Gasteiger charge is 2.25. The van der Waals surface area contributed by atoms with Gasteiger partial charge in [-0.25, -0.2) is 4.98 Å². The van der Waals surface area contributed by atoms with Crippen molar-refractivity contribution < 1.29 is 9.53 Å². The summed E-state index contributed by atoms with van der Waals surface area (Å²) in [5.74, 6) is 1.65. The van der Waals surface area contributed by atoms with Crippen LogP contribution in [-0.2, 0) is 11.3 Å². The van der Waals surface area contributed by atoms with Crippen molar-refractivity contribution in [3.05, 3.63) is 71.0 Å². The van der Waals surface area contributed by atoms with Gasteiger partial charge >= 0.3 is 0 Å². The van der Waals surface area contributed by atoms with Gasteiger partial charge in [0.2, 0.25) is 0 Å². The first-order valence-corrected chi connectivity index (χ1v) is 9.98. The molecular formula is C23H23N5O2. The van der Waals surface area contributed by atoms with Crippen LogP contribution in [0, 0.1) is 11.3 Å². The van der Waals surface area contributed by atoms with Crippen molar-refractivity contribution in [1.29, 1.82) is 5.26 Å². The van der Waals surface area contributed by atoms with Crippen LogP contribution in [0.5, 0.6) is 0 Å². The van der Waals surface area contributed by atoms with Gasteiger partial charge in [0, 0.05) is 31.3 Å². The Kier molecular flexibility index (Phi) is 5.87. The number of carbonyl (C=O) groups excluding carboxylic acids is 1. The highest BCUT2D eigenvalue weighted by Crippen LogP contribution is 2.29. The lowest BCUT2D eigenvalue weighted by molar-refractivity contribution is 0.0713. The van der Waals surface area contributed by atoms with Gasteiger partial charge in [-0.05, 0) is 48.6 Å². The summed E-state index contributed by atoms with van der Waals surface area (Å²) in [6.07, 6.45) is 1.83. The number of hydrogen-bond donors (Lipinski definition) is 1. The number of carbonyl (C=O) groups is 1. The monoisotopic (exact) mass is 401 g/mol. The van der Waals surface area contributed by atoms with Crippen LogP contribution in [0.3, 0.4) is 0 Å². The molecule has 0 bridgehead atoms. The molecule has 1 saturated heterocycles. The normalized spacial score (nSPS) is 14.5. The number of aromatic nitrogens is 3.